The molecule has 38 heavy (non-hydrogen) atoms. The van der Waals surface area contributed by atoms with Gasteiger partial charge in [-0.05, 0) is 90.8 Å². The molecule has 1 heterocycles. The van der Waals surface area contributed by atoms with Crippen LogP contribution in [0.25, 0.3) is 33.4 Å². The number of rotatable bonds is 7. The molecule has 2 aliphatic rings. The minimum atomic E-state index is -0.436. The second-order valence-electron chi connectivity index (χ2n) is 8.92. The van der Waals surface area contributed by atoms with Gasteiger partial charge in [-0.3, -0.25) is 4.79 Å². The van der Waals surface area contributed by atoms with Crippen molar-refractivity contribution in [3.05, 3.63) is 70.1 Å². The van der Waals surface area contributed by atoms with E-state index in [0.717, 1.165) is 19.3 Å². The van der Waals surface area contributed by atoms with E-state index in [1.807, 2.05) is 12.1 Å². The molecule has 2 aromatic carbocycles. The molecule has 0 spiro atoms. The van der Waals surface area contributed by atoms with Gasteiger partial charge < -0.3 is 14.3 Å². The van der Waals surface area contributed by atoms with Crippen molar-refractivity contribution < 1.29 is 70.4 Å². The summed E-state index contributed by atoms with van der Waals surface area (Å²) >= 11 is 13.4. The number of carbonyl (C=O) groups is 1. The summed E-state index contributed by atoms with van der Waals surface area (Å²) in [5, 5.41) is 13.3. The summed E-state index contributed by atoms with van der Waals surface area (Å²) < 4.78 is 13.1. The number of ether oxygens (including phenoxy) is 1. The molecule has 0 amide bonds. The zero-order valence-corrected chi connectivity index (χ0v) is 30.8. The first-order chi connectivity index (χ1) is 17.6. The molecule has 4 rings (SSSR count). The van der Waals surface area contributed by atoms with Gasteiger partial charge in [0.2, 0.25) is 5.43 Å². The van der Waals surface area contributed by atoms with E-state index in [2.05, 4.69) is 84.5 Å². The Morgan fingerprint density at radius 1 is 0.947 bits per heavy atom. The first-order valence-corrected chi connectivity index (χ1v) is 15.0. The van der Waals surface area contributed by atoms with Gasteiger partial charge in [0.15, 0.2) is 5.76 Å². The number of carbonyl (C=O) groups excluding carboxylic acids is 1. The van der Waals surface area contributed by atoms with Crippen LogP contribution in [-0.4, -0.2) is 12.6 Å². The standard InChI is InChI=1S/C28H24Br4O5.K/c1-4-28(5-2,6-3)13-36-27(35)15-10-8-7-9-14(15)20-16-11-18(29)23(33)21(31)25(16)37-26-17(20)12-19(30)24(34)22(26)32;/h7-12,33H,4-6,13H2,1-3H3;/q;+1/p-1. The minimum Gasteiger partial charge on any atom is -0.871 e. The summed E-state index contributed by atoms with van der Waals surface area (Å²) in [7, 11) is 0. The van der Waals surface area contributed by atoms with E-state index < -0.39 is 5.97 Å². The zero-order valence-electron chi connectivity index (χ0n) is 21.3. The van der Waals surface area contributed by atoms with Crippen molar-refractivity contribution in [2.75, 3.05) is 6.61 Å². The van der Waals surface area contributed by atoms with Crippen molar-refractivity contribution in [2.45, 2.75) is 40.0 Å². The molecule has 194 valence electrons. The van der Waals surface area contributed by atoms with E-state index in [4.69, 9.17) is 9.15 Å². The van der Waals surface area contributed by atoms with Crippen LogP contribution < -0.4 is 61.9 Å². The number of fused-ring (bicyclic) bond motifs is 2. The van der Waals surface area contributed by atoms with Gasteiger partial charge in [-0.15, -0.1) is 0 Å². The summed E-state index contributed by atoms with van der Waals surface area (Å²) in [6.07, 6.45) is 2.72. The second kappa shape index (κ2) is 13.3. The molecule has 1 aliphatic heterocycles. The van der Waals surface area contributed by atoms with Crippen LogP contribution in [0.4, 0.5) is 0 Å². The Labute approximate surface area is 297 Å². The van der Waals surface area contributed by atoms with Gasteiger partial charge in [0, 0.05) is 26.4 Å². The minimum absolute atomic E-state index is 0. The molecule has 0 bridgehead atoms. The molecule has 0 fully saturated rings. The van der Waals surface area contributed by atoms with Gasteiger partial charge in [0.25, 0.3) is 0 Å². The van der Waals surface area contributed by atoms with Crippen LogP contribution in [0.5, 0.6) is 5.75 Å². The van der Waals surface area contributed by atoms with Gasteiger partial charge >= 0.3 is 57.4 Å². The van der Waals surface area contributed by atoms with Gasteiger partial charge in [-0.2, -0.15) is 0 Å². The molecule has 0 saturated heterocycles. The fourth-order valence-electron chi connectivity index (χ4n) is 4.51. The molecule has 0 saturated carbocycles. The van der Waals surface area contributed by atoms with Gasteiger partial charge in [-0.1, -0.05) is 60.6 Å². The summed E-state index contributed by atoms with van der Waals surface area (Å²) in [4.78, 5) is 26.2. The van der Waals surface area contributed by atoms with E-state index in [1.54, 1.807) is 24.3 Å². The third-order valence-corrected chi connectivity index (χ3v) is 9.80. The van der Waals surface area contributed by atoms with E-state index in [1.165, 1.54) is 0 Å². The maximum atomic E-state index is 13.5. The quantitative estimate of drug-likeness (QED) is 0.129. The largest absolute Gasteiger partial charge is 1.00 e. The molecule has 0 aromatic heterocycles. The molecule has 0 atom stereocenters. The van der Waals surface area contributed by atoms with Crippen molar-refractivity contribution in [2.24, 2.45) is 5.41 Å². The van der Waals surface area contributed by atoms with Crippen LogP contribution in [0.3, 0.4) is 0 Å². The maximum absolute atomic E-state index is 13.5. The topological polar surface area (TPSA) is 79.6 Å². The Balaban J connectivity index is 0.00000400. The monoisotopic (exact) mass is 794 g/mol. The Bertz CT molecular complexity index is 1540. The molecule has 1 aliphatic carbocycles. The maximum Gasteiger partial charge on any atom is 1.00 e. The number of esters is 1. The molecular formula is C28H23Br4KO5. The first-order valence-electron chi connectivity index (χ1n) is 11.8. The van der Waals surface area contributed by atoms with E-state index in [0.29, 0.717) is 43.2 Å². The van der Waals surface area contributed by atoms with Crippen LogP contribution in [0.15, 0.2) is 63.5 Å². The zero-order chi connectivity index (χ0) is 27.1. The van der Waals surface area contributed by atoms with Gasteiger partial charge in [-0.25, -0.2) is 4.79 Å². The van der Waals surface area contributed by atoms with Crippen molar-refractivity contribution in [3.63, 3.8) is 0 Å². The Kier molecular flexibility index (Phi) is 11.4. The third kappa shape index (κ3) is 5.95. The summed E-state index contributed by atoms with van der Waals surface area (Å²) in [5.74, 6) is -0.460. The fourth-order valence-corrected chi connectivity index (χ4v) is 6.91. The molecule has 10 heteroatoms. The molecule has 5 nitrogen and oxygen atoms in total. The number of benzene rings is 3. The summed E-state index contributed by atoms with van der Waals surface area (Å²) in [6, 6.07) is 10.5. The smallest absolute Gasteiger partial charge is 0.871 e. The molecule has 0 unspecified atom stereocenters. The number of halogens is 4. The van der Waals surface area contributed by atoms with Crippen LogP contribution in [0.1, 0.15) is 50.4 Å². The Morgan fingerprint density at radius 3 is 2.21 bits per heavy atom. The summed E-state index contributed by atoms with van der Waals surface area (Å²) in [6.45, 7) is 6.66. The average Bonchev–Trinajstić information content (AvgIpc) is 2.91. The SMILES string of the molecule is CCC(CC)(CC)COC(=O)c1ccccc1-c1c2cc(Br)c(=O)c(Br)c-2oc2c(Br)c([O-])c(Br)cc12.[K+]. The molecule has 0 radical (unpaired) electrons. The van der Waals surface area contributed by atoms with Crippen molar-refractivity contribution in [1.82, 2.24) is 0 Å². The van der Waals surface area contributed by atoms with Crippen LogP contribution in [-0.2, 0) is 4.74 Å². The molecule has 2 aromatic rings. The van der Waals surface area contributed by atoms with Crippen molar-refractivity contribution in [3.8, 4) is 28.2 Å². The van der Waals surface area contributed by atoms with Crippen molar-refractivity contribution in [1.29, 1.82) is 0 Å². The Morgan fingerprint density at radius 2 is 1.58 bits per heavy atom. The van der Waals surface area contributed by atoms with E-state index in [-0.39, 0.29) is 88.3 Å². The van der Waals surface area contributed by atoms with Gasteiger partial charge in [0.1, 0.15) is 10.1 Å². The predicted octanol–water partition coefficient (Wildman–Crippen LogP) is 6.07. The van der Waals surface area contributed by atoms with Crippen molar-refractivity contribution >= 4 is 80.7 Å². The number of hydrogen-bond donors (Lipinski definition) is 0. The normalized spacial score (nSPS) is 11.6. The van der Waals surface area contributed by atoms with Crippen LogP contribution in [0, 0.1) is 5.41 Å². The predicted molar refractivity (Wildman–Crippen MR) is 158 cm³/mol. The molecule has 0 N–H and O–H groups in total. The number of hydrogen-bond acceptors (Lipinski definition) is 5. The fraction of sp³-hybridized carbons (Fsp3) is 0.286. The Hall–Kier alpha value is -0.0436. The van der Waals surface area contributed by atoms with E-state index in [9.17, 15) is 14.7 Å². The van der Waals surface area contributed by atoms with E-state index >= 15 is 0 Å². The third-order valence-electron chi connectivity index (χ3n) is 7.18. The second-order valence-corrected chi connectivity index (χ2v) is 12.2. The first kappa shape index (κ1) is 32.5. The summed E-state index contributed by atoms with van der Waals surface area (Å²) in [5.41, 5.74) is 2.11. The molecular weight excluding hydrogens is 775 g/mol. The van der Waals surface area contributed by atoms with Crippen LogP contribution in [0.2, 0.25) is 0 Å². The van der Waals surface area contributed by atoms with Crippen LogP contribution >= 0.6 is 63.7 Å². The van der Waals surface area contributed by atoms with Gasteiger partial charge in [0.05, 0.1) is 21.1 Å². The average molecular weight is 798 g/mol.